The molecule has 0 saturated carbocycles. The maximum absolute atomic E-state index is 12.0. The Balaban J connectivity index is 2.06. The van der Waals surface area contributed by atoms with E-state index < -0.39 is 5.91 Å². The molecule has 0 bridgehead atoms. The maximum atomic E-state index is 12.0. The summed E-state index contributed by atoms with van der Waals surface area (Å²) >= 11 is 5.91. The van der Waals surface area contributed by atoms with Crippen LogP contribution in [0.2, 0.25) is 5.15 Å². The number of rotatable bonds is 5. The number of hydrogen-bond donors (Lipinski definition) is 2. The van der Waals surface area contributed by atoms with Crippen molar-refractivity contribution >= 4 is 29.0 Å². The molecule has 0 aromatic carbocycles. The number of pyridine rings is 1. The lowest BCUT2D eigenvalue weighted by Crippen LogP contribution is -2.21. The number of carbonyl (C=O) groups is 1. The van der Waals surface area contributed by atoms with Crippen LogP contribution in [0.3, 0.4) is 0 Å². The van der Waals surface area contributed by atoms with E-state index in [1.165, 1.54) is 20.2 Å². The van der Waals surface area contributed by atoms with Gasteiger partial charge in [0.25, 0.3) is 5.91 Å². The minimum atomic E-state index is -0.418. The van der Waals surface area contributed by atoms with Gasteiger partial charge in [0, 0.05) is 26.4 Å². The lowest BCUT2D eigenvalue weighted by atomic mass is 10.2. The Morgan fingerprint density at radius 2 is 2.12 bits per heavy atom. The molecule has 0 unspecified atom stereocenters. The van der Waals surface area contributed by atoms with E-state index in [4.69, 9.17) is 16.3 Å². The maximum Gasteiger partial charge on any atom is 0.273 e. The molecule has 3 aromatic heterocycles. The van der Waals surface area contributed by atoms with Crippen molar-refractivity contribution in [3.63, 3.8) is 0 Å². The summed E-state index contributed by atoms with van der Waals surface area (Å²) in [5.74, 6) is 0.826. The monoisotopic (exact) mass is 374 g/mol. The van der Waals surface area contributed by atoms with Gasteiger partial charge in [0.15, 0.2) is 28.2 Å². The van der Waals surface area contributed by atoms with Crippen molar-refractivity contribution in [1.29, 1.82) is 0 Å². The zero-order chi connectivity index (χ0) is 18.7. The van der Waals surface area contributed by atoms with Crippen molar-refractivity contribution in [3.05, 3.63) is 35.5 Å². The Kier molecular flexibility index (Phi) is 4.94. The number of ether oxygens (including phenoxy) is 1. The minimum absolute atomic E-state index is 0.0714. The quantitative estimate of drug-likeness (QED) is 0.688. The molecular weight excluding hydrogens is 360 g/mol. The number of amides is 1. The largest absolute Gasteiger partial charge is 0.492 e. The van der Waals surface area contributed by atoms with Gasteiger partial charge in [-0.25, -0.2) is 9.97 Å². The summed E-state index contributed by atoms with van der Waals surface area (Å²) in [5.41, 5.74) is 1.05. The first-order valence-corrected chi connectivity index (χ1v) is 7.82. The van der Waals surface area contributed by atoms with Crippen LogP contribution in [0.1, 0.15) is 10.5 Å². The van der Waals surface area contributed by atoms with Crippen LogP contribution < -0.4 is 15.4 Å². The normalized spacial score (nSPS) is 10.5. The van der Waals surface area contributed by atoms with Crippen LogP contribution in [0.4, 0.5) is 11.5 Å². The Morgan fingerprint density at radius 3 is 2.77 bits per heavy atom. The molecule has 0 spiro atoms. The van der Waals surface area contributed by atoms with Crippen LogP contribution >= 0.6 is 11.6 Å². The zero-order valence-corrected chi connectivity index (χ0v) is 14.9. The molecule has 3 aromatic rings. The van der Waals surface area contributed by atoms with E-state index in [0.29, 0.717) is 28.6 Å². The van der Waals surface area contributed by atoms with E-state index in [0.717, 1.165) is 0 Å². The summed E-state index contributed by atoms with van der Waals surface area (Å²) in [6.45, 7) is 0. The van der Waals surface area contributed by atoms with E-state index in [2.05, 4.69) is 35.9 Å². The van der Waals surface area contributed by atoms with Gasteiger partial charge < -0.3 is 15.4 Å². The molecule has 0 atom stereocenters. The van der Waals surface area contributed by atoms with E-state index in [-0.39, 0.29) is 10.8 Å². The average molecular weight is 375 g/mol. The van der Waals surface area contributed by atoms with Gasteiger partial charge in [-0.15, -0.1) is 10.2 Å². The van der Waals surface area contributed by atoms with Gasteiger partial charge in [0.2, 0.25) is 0 Å². The van der Waals surface area contributed by atoms with Gasteiger partial charge in [-0.3, -0.25) is 9.48 Å². The lowest BCUT2D eigenvalue weighted by Gasteiger charge is -2.14. The topological polar surface area (TPSA) is 120 Å². The molecule has 0 aliphatic rings. The Morgan fingerprint density at radius 1 is 1.31 bits per heavy atom. The molecule has 11 heteroatoms. The van der Waals surface area contributed by atoms with Crippen LogP contribution in [-0.2, 0) is 7.05 Å². The first-order chi connectivity index (χ1) is 12.5. The molecule has 134 valence electrons. The third-order valence-electron chi connectivity index (χ3n) is 3.41. The smallest absolute Gasteiger partial charge is 0.273 e. The Hall–Kier alpha value is -3.27. The zero-order valence-electron chi connectivity index (χ0n) is 14.2. The average Bonchev–Trinajstić information content (AvgIpc) is 3.07. The molecule has 0 aliphatic carbocycles. The van der Waals surface area contributed by atoms with Gasteiger partial charge in [-0.1, -0.05) is 11.6 Å². The van der Waals surface area contributed by atoms with Crippen molar-refractivity contribution in [2.24, 2.45) is 7.05 Å². The van der Waals surface area contributed by atoms with Crippen LogP contribution in [0.5, 0.6) is 5.75 Å². The Labute approximate surface area is 153 Å². The van der Waals surface area contributed by atoms with E-state index >= 15 is 0 Å². The number of carbonyl (C=O) groups excluding carboxylic acids is 1. The van der Waals surface area contributed by atoms with Crippen molar-refractivity contribution in [2.45, 2.75) is 0 Å². The molecule has 3 rings (SSSR count). The first kappa shape index (κ1) is 17.5. The number of aryl methyl sites for hydroxylation is 1. The highest BCUT2D eigenvalue weighted by Crippen LogP contribution is 2.35. The van der Waals surface area contributed by atoms with Crippen LogP contribution in [-0.4, -0.2) is 50.0 Å². The lowest BCUT2D eigenvalue weighted by molar-refractivity contribution is 0.0958. The Bertz CT molecular complexity index is 959. The summed E-state index contributed by atoms with van der Waals surface area (Å²) in [5, 5.41) is 17.4. The second-order valence-corrected chi connectivity index (χ2v) is 5.50. The van der Waals surface area contributed by atoms with Crippen LogP contribution in [0, 0.1) is 0 Å². The van der Waals surface area contributed by atoms with Crippen molar-refractivity contribution in [1.82, 2.24) is 35.3 Å². The van der Waals surface area contributed by atoms with Crippen LogP contribution in [0.25, 0.3) is 11.4 Å². The number of hydrogen-bond acceptors (Lipinski definition) is 8. The van der Waals surface area contributed by atoms with E-state index in [1.807, 2.05) is 0 Å². The molecule has 3 heterocycles. The second kappa shape index (κ2) is 7.31. The molecule has 10 nitrogen and oxygen atoms in total. The molecule has 26 heavy (non-hydrogen) atoms. The van der Waals surface area contributed by atoms with E-state index in [1.54, 1.807) is 30.3 Å². The standard InChI is InChI=1S/C15H15ClN8O2/c1-17-15(25)11-9(6-10(16)21-22-11)20-14-12(26-3)8(4-5-18-14)13-19-7-24(2)23-13/h4-7H,1-3H3,(H,17,25)(H,18,20,21). The predicted octanol–water partition coefficient (Wildman–Crippen LogP) is 1.43. The minimum Gasteiger partial charge on any atom is -0.492 e. The molecule has 0 fully saturated rings. The molecule has 0 saturated heterocycles. The third-order valence-corrected chi connectivity index (χ3v) is 3.59. The number of halogens is 1. The van der Waals surface area contributed by atoms with Crippen molar-refractivity contribution in [2.75, 3.05) is 19.5 Å². The summed E-state index contributed by atoms with van der Waals surface area (Å²) in [7, 11) is 4.77. The summed E-state index contributed by atoms with van der Waals surface area (Å²) in [6.07, 6.45) is 3.16. The molecule has 0 aliphatic heterocycles. The highest BCUT2D eigenvalue weighted by molar-refractivity contribution is 6.29. The summed E-state index contributed by atoms with van der Waals surface area (Å²) in [6, 6.07) is 3.21. The molecular formula is C15H15ClN8O2. The van der Waals surface area contributed by atoms with Gasteiger partial charge >= 0.3 is 0 Å². The van der Waals surface area contributed by atoms with Gasteiger partial charge in [-0.2, -0.15) is 5.10 Å². The number of anilines is 2. The fourth-order valence-electron chi connectivity index (χ4n) is 2.26. The highest BCUT2D eigenvalue weighted by atomic mass is 35.5. The number of nitrogens with one attached hydrogen (secondary N) is 2. The molecule has 1 amide bonds. The fourth-order valence-corrected chi connectivity index (χ4v) is 2.41. The van der Waals surface area contributed by atoms with Crippen LogP contribution in [0.15, 0.2) is 24.7 Å². The van der Waals surface area contributed by atoms with Gasteiger partial charge in [0.05, 0.1) is 18.4 Å². The fraction of sp³-hybridized carbons (Fsp3) is 0.200. The van der Waals surface area contributed by atoms with Gasteiger partial charge in [0.1, 0.15) is 6.33 Å². The SMILES string of the molecule is CNC(=O)c1nnc(Cl)cc1Nc1nccc(-c2ncn(C)n2)c1OC. The molecule has 2 N–H and O–H groups in total. The molecule has 0 radical (unpaired) electrons. The van der Waals surface area contributed by atoms with Crippen molar-refractivity contribution in [3.8, 4) is 17.1 Å². The number of aromatic nitrogens is 6. The van der Waals surface area contributed by atoms with E-state index in [9.17, 15) is 4.79 Å². The number of nitrogens with zero attached hydrogens (tertiary/aromatic N) is 6. The predicted molar refractivity (Wildman–Crippen MR) is 94.5 cm³/mol. The number of methoxy groups -OCH3 is 1. The first-order valence-electron chi connectivity index (χ1n) is 7.44. The second-order valence-electron chi connectivity index (χ2n) is 5.12. The van der Waals surface area contributed by atoms with Crippen molar-refractivity contribution < 1.29 is 9.53 Å². The summed E-state index contributed by atoms with van der Waals surface area (Å²) in [4.78, 5) is 20.5. The highest BCUT2D eigenvalue weighted by Gasteiger charge is 2.19. The summed E-state index contributed by atoms with van der Waals surface area (Å²) < 4.78 is 7.07. The van der Waals surface area contributed by atoms with Gasteiger partial charge in [-0.05, 0) is 6.07 Å². The third kappa shape index (κ3) is 3.40.